The molecule has 0 aromatic heterocycles. The van der Waals surface area contributed by atoms with Gasteiger partial charge in [0.25, 0.3) is 0 Å². The highest BCUT2D eigenvalue weighted by Gasteiger charge is 2.16. The molecule has 98 valence electrons. The topological polar surface area (TPSA) is 55.8 Å². The highest BCUT2D eigenvalue weighted by molar-refractivity contribution is 5.93. The Kier molecular flexibility index (Phi) is 5.39. The third-order valence-electron chi connectivity index (χ3n) is 2.54. The zero-order chi connectivity index (χ0) is 13.5. The van der Waals surface area contributed by atoms with E-state index in [0.717, 1.165) is 11.3 Å². The van der Waals surface area contributed by atoms with Gasteiger partial charge < -0.3 is 14.6 Å². The summed E-state index contributed by atoms with van der Waals surface area (Å²) in [5.41, 5.74) is 1.04. The Hall–Kier alpha value is -1.81. The second kappa shape index (κ2) is 6.81. The zero-order valence-corrected chi connectivity index (χ0v) is 10.8. The Morgan fingerprint density at radius 3 is 2.44 bits per heavy atom. The van der Waals surface area contributed by atoms with Gasteiger partial charge in [-0.2, -0.15) is 0 Å². The van der Waals surface area contributed by atoms with Crippen molar-refractivity contribution < 1.29 is 19.4 Å². The van der Waals surface area contributed by atoms with Gasteiger partial charge in [0.15, 0.2) is 0 Å². The van der Waals surface area contributed by atoms with Crippen LogP contribution in [0.25, 0.3) is 6.08 Å². The number of benzene rings is 1. The third kappa shape index (κ3) is 3.89. The number of methoxy groups -OCH3 is 1. The van der Waals surface area contributed by atoms with Crippen LogP contribution < -0.4 is 4.74 Å². The van der Waals surface area contributed by atoms with Crippen LogP contribution in [0, 0.1) is 0 Å². The van der Waals surface area contributed by atoms with Crippen LogP contribution in [-0.2, 0) is 9.53 Å². The van der Waals surface area contributed by atoms with Gasteiger partial charge in [-0.25, -0.2) is 4.79 Å². The minimum Gasteiger partial charge on any atom is -0.497 e. The number of aliphatic carboxylic acids is 1. The van der Waals surface area contributed by atoms with Gasteiger partial charge in [-0.15, -0.1) is 0 Å². The van der Waals surface area contributed by atoms with E-state index >= 15 is 0 Å². The van der Waals surface area contributed by atoms with E-state index < -0.39 is 12.1 Å². The lowest BCUT2D eigenvalue weighted by molar-refractivity contribution is -0.133. The Labute approximate surface area is 107 Å². The van der Waals surface area contributed by atoms with Gasteiger partial charge in [-0.1, -0.05) is 12.1 Å². The number of carbonyl (C=O) groups is 1. The van der Waals surface area contributed by atoms with E-state index in [0.29, 0.717) is 6.61 Å². The van der Waals surface area contributed by atoms with E-state index in [-0.39, 0.29) is 5.57 Å². The number of rotatable bonds is 6. The van der Waals surface area contributed by atoms with Crippen molar-refractivity contribution in [2.75, 3.05) is 13.7 Å². The molecule has 0 radical (unpaired) electrons. The van der Waals surface area contributed by atoms with E-state index in [1.165, 1.54) is 0 Å². The molecule has 4 nitrogen and oxygen atoms in total. The van der Waals surface area contributed by atoms with E-state index in [2.05, 4.69) is 0 Å². The summed E-state index contributed by atoms with van der Waals surface area (Å²) in [6.45, 7) is 4.05. The summed E-state index contributed by atoms with van der Waals surface area (Å²) >= 11 is 0. The summed E-state index contributed by atoms with van der Waals surface area (Å²) in [5.74, 6) is -0.228. The first-order valence-corrected chi connectivity index (χ1v) is 5.79. The van der Waals surface area contributed by atoms with Crippen molar-refractivity contribution in [3.8, 4) is 5.75 Å². The smallest absolute Gasteiger partial charge is 0.334 e. The SMILES string of the molecule is CCOC(C)C(=Cc1ccc(OC)cc1)C(=O)O. The van der Waals surface area contributed by atoms with Crippen molar-refractivity contribution in [2.45, 2.75) is 20.0 Å². The van der Waals surface area contributed by atoms with E-state index in [9.17, 15) is 4.79 Å². The van der Waals surface area contributed by atoms with Crippen molar-refractivity contribution >= 4 is 12.0 Å². The fourth-order valence-corrected chi connectivity index (χ4v) is 1.57. The van der Waals surface area contributed by atoms with Crippen LogP contribution >= 0.6 is 0 Å². The summed E-state index contributed by atoms with van der Waals surface area (Å²) in [4.78, 5) is 11.2. The second-order valence-corrected chi connectivity index (χ2v) is 3.78. The standard InChI is InChI=1S/C14H18O4/c1-4-18-10(2)13(14(15)16)9-11-5-7-12(17-3)8-6-11/h5-10H,4H2,1-3H3,(H,15,16). The molecule has 0 bridgehead atoms. The van der Waals surface area contributed by atoms with Gasteiger partial charge in [0.1, 0.15) is 5.75 Å². The fraction of sp³-hybridized carbons (Fsp3) is 0.357. The van der Waals surface area contributed by atoms with Crippen molar-refractivity contribution in [1.82, 2.24) is 0 Å². The molecule has 4 heteroatoms. The van der Waals surface area contributed by atoms with E-state index in [1.807, 2.05) is 6.92 Å². The lowest BCUT2D eigenvalue weighted by Gasteiger charge is -2.12. The first kappa shape index (κ1) is 14.3. The van der Waals surface area contributed by atoms with Gasteiger partial charge in [0, 0.05) is 6.61 Å². The zero-order valence-electron chi connectivity index (χ0n) is 10.8. The minimum absolute atomic E-state index is 0.238. The number of carboxylic acid groups (broad SMARTS) is 1. The predicted molar refractivity (Wildman–Crippen MR) is 69.7 cm³/mol. The Balaban J connectivity index is 2.96. The van der Waals surface area contributed by atoms with Crippen LogP contribution in [0.5, 0.6) is 5.75 Å². The van der Waals surface area contributed by atoms with Gasteiger partial charge in [-0.3, -0.25) is 0 Å². The van der Waals surface area contributed by atoms with E-state index in [4.69, 9.17) is 14.6 Å². The molecule has 0 saturated heterocycles. The molecule has 0 amide bonds. The second-order valence-electron chi connectivity index (χ2n) is 3.78. The molecular weight excluding hydrogens is 232 g/mol. The normalized spacial score (nSPS) is 13.2. The number of hydrogen-bond acceptors (Lipinski definition) is 3. The summed E-state index contributed by atoms with van der Waals surface area (Å²) in [5, 5.41) is 9.16. The van der Waals surface area contributed by atoms with Crippen LogP contribution in [-0.4, -0.2) is 30.9 Å². The first-order chi connectivity index (χ1) is 8.58. The maximum atomic E-state index is 11.2. The molecule has 0 fully saturated rings. The summed E-state index contributed by atoms with van der Waals surface area (Å²) in [6, 6.07) is 7.19. The number of hydrogen-bond donors (Lipinski definition) is 1. The Morgan fingerprint density at radius 2 is 2.00 bits per heavy atom. The van der Waals surface area contributed by atoms with Gasteiger partial charge in [0.2, 0.25) is 0 Å². The van der Waals surface area contributed by atoms with Crippen LogP contribution in [0.1, 0.15) is 19.4 Å². The average Bonchev–Trinajstić information content (AvgIpc) is 2.36. The third-order valence-corrected chi connectivity index (χ3v) is 2.54. The average molecular weight is 250 g/mol. The highest BCUT2D eigenvalue weighted by Crippen LogP contribution is 2.16. The summed E-state index contributed by atoms with van der Waals surface area (Å²) in [7, 11) is 1.59. The maximum absolute atomic E-state index is 11.2. The van der Waals surface area contributed by atoms with Crippen molar-refractivity contribution in [3.05, 3.63) is 35.4 Å². The maximum Gasteiger partial charge on any atom is 0.334 e. The van der Waals surface area contributed by atoms with Crippen LogP contribution in [0.2, 0.25) is 0 Å². The lowest BCUT2D eigenvalue weighted by atomic mass is 10.1. The quantitative estimate of drug-likeness (QED) is 0.788. The predicted octanol–water partition coefficient (Wildman–Crippen LogP) is 2.59. The fourth-order valence-electron chi connectivity index (χ4n) is 1.57. The molecule has 1 aromatic rings. The monoisotopic (exact) mass is 250 g/mol. The largest absolute Gasteiger partial charge is 0.497 e. The van der Waals surface area contributed by atoms with Gasteiger partial charge >= 0.3 is 5.97 Å². The lowest BCUT2D eigenvalue weighted by Crippen LogP contribution is -2.18. The minimum atomic E-state index is -0.966. The molecular formula is C14H18O4. The van der Waals surface area contributed by atoms with Crippen LogP contribution in [0.3, 0.4) is 0 Å². The molecule has 1 atom stereocenters. The van der Waals surface area contributed by atoms with Crippen molar-refractivity contribution in [3.63, 3.8) is 0 Å². The molecule has 0 aliphatic carbocycles. The first-order valence-electron chi connectivity index (χ1n) is 5.79. The Morgan fingerprint density at radius 1 is 1.39 bits per heavy atom. The molecule has 0 aliphatic heterocycles. The molecule has 1 unspecified atom stereocenters. The molecule has 1 N–H and O–H groups in total. The molecule has 0 saturated carbocycles. The number of ether oxygens (including phenoxy) is 2. The summed E-state index contributed by atoms with van der Waals surface area (Å²) < 4.78 is 10.4. The van der Waals surface area contributed by atoms with Crippen LogP contribution in [0.4, 0.5) is 0 Å². The Bertz CT molecular complexity index is 420. The van der Waals surface area contributed by atoms with Crippen LogP contribution in [0.15, 0.2) is 29.8 Å². The molecule has 18 heavy (non-hydrogen) atoms. The molecule has 1 aromatic carbocycles. The van der Waals surface area contributed by atoms with Crippen molar-refractivity contribution in [1.29, 1.82) is 0 Å². The number of carboxylic acids is 1. The molecule has 0 aliphatic rings. The summed E-state index contributed by atoms with van der Waals surface area (Å²) in [6.07, 6.45) is 1.18. The molecule has 1 rings (SSSR count). The highest BCUT2D eigenvalue weighted by atomic mass is 16.5. The van der Waals surface area contributed by atoms with Gasteiger partial charge in [-0.05, 0) is 37.6 Å². The van der Waals surface area contributed by atoms with Crippen molar-refractivity contribution in [2.24, 2.45) is 0 Å². The molecule has 0 heterocycles. The van der Waals surface area contributed by atoms with Gasteiger partial charge in [0.05, 0.1) is 18.8 Å². The molecule has 0 spiro atoms. The van der Waals surface area contributed by atoms with E-state index in [1.54, 1.807) is 44.4 Å².